The lowest BCUT2D eigenvalue weighted by molar-refractivity contribution is 1.18. The van der Waals surface area contributed by atoms with Crippen LogP contribution in [-0.2, 0) is 0 Å². The predicted molar refractivity (Wildman–Crippen MR) is 84.7 cm³/mol. The molecule has 4 N–H and O–H groups in total. The fourth-order valence-electron chi connectivity index (χ4n) is 1.83. The number of fused-ring (bicyclic) bond motifs is 1. The smallest absolute Gasteiger partial charge is 0.211 e. The van der Waals surface area contributed by atoms with Crippen LogP contribution in [-0.4, -0.2) is 26.5 Å². The van der Waals surface area contributed by atoms with Crippen LogP contribution in [0.25, 0.3) is 16.2 Å². The van der Waals surface area contributed by atoms with Crippen LogP contribution in [0, 0.1) is 0 Å². The van der Waals surface area contributed by atoms with Gasteiger partial charge in [-0.15, -0.1) is 5.10 Å². The van der Waals surface area contributed by atoms with E-state index < -0.39 is 0 Å². The molecule has 3 rings (SSSR count). The van der Waals surface area contributed by atoms with Crippen molar-refractivity contribution in [3.8, 4) is 11.3 Å². The second-order valence-corrected chi connectivity index (χ2v) is 5.68. The molecule has 0 aliphatic heterocycles. The number of aromatic nitrogens is 3. The maximum absolute atomic E-state index is 6.01. The number of pyridine rings is 1. The molecule has 7 nitrogen and oxygen atoms in total. The van der Waals surface area contributed by atoms with E-state index in [0.29, 0.717) is 4.34 Å². The quantitative estimate of drug-likeness (QED) is 0.435. The Kier molecular flexibility index (Phi) is 3.55. The fourth-order valence-corrected chi connectivity index (χ4v) is 2.85. The zero-order valence-corrected chi connectivity index (χ0v) is 12.2. The lowest BCUT2D eigenvalue weighted by Crippen LogP contribution is -2.21. The number of thiazole rings is 1. The summed E-state index contributed by atoms with van der Waals surface area (Å²) in [5.41, 5.74) is 12.9. The monoisotopic (exact) mass is 319 g/mol. The van der Waals surface area contributed by atoms with Crippen molar-refractivity contribution in [1.29, 1.82) is 0 Å². The van der Waals surface area contributed by atoms with Crippen LogP contribution in [0.3, 0.4) is 0 Å². The summed E-state index contributed by atoms with van der Waals surface area (Å²) in [4.78, 5) is 9.33. The van der Waals surface area contributed by atoms with E-state index in [2.05, 4.69) is 20.2 Å². The van der Waals surface area contributed by atoms with Crippen LogP contribution in [0.5, 0.6) is 0 Å². The minimum atomic E-state index is -0.110. The van der Waals surface area contributed by atoms with E-state index in [4.69, 9.17) is 23.1 Å². The summed E-state index contributed by atoms with van der Waals surface area (Å²) in [5.74, 6) is -0.110. The zero-order chi connectivity index (χ0) is 14.8. The number of halogens is 1. The van der Waals surface area contributed by atoms with Crippen molar-refractivity contribution >= 4 is 40.1 Å². The number of guanidine groups is 1. The van der Waals surface area contributed by atoms with Crippen LogP contribution in [0.1, 0.15) is 5.69 Å². The molecule has 0 spiro atoms. The Morgan fingerprint density at radius 1 is 1.33 bits per heavy atom. The molecule has 0 radical (unpaired) electrons. The van der Waals surface area contributed by atoms with Gasteiger partial charge in [0.1, 0.15) is 4.34 Å². The van der Waals surface area contributed by atoms with E-state index in [9.17, 15) is 0 Å². The summed E-state index contributed by atoms with van der Waals surface area (Å²) in [7, 11) is 0. The van der Waals surface area contributed by atoms with Gasteiger partial charge in [-0.1, -0.05) is 22.9 Å². The first-order valence-corrected chi connectivity index (χ1v) is 7.04. The van der Waals surface area contributed by atoms with E-state index in [-0.39, 0.29) is 5.96 Å². The highest BCUT2D eigenvalue weighted by Crippen LogP contribution is 2.29. The summed E-state index contributed by atoms with van der Waals surface area (Å²) >= 11 is 7.39. The Labute approximate surface area is 128 Å². The first-order valence-electron chi connectivity index (χ1n) is 5.85. The van der Waals surface area contributed by atoms with E-state index in [1.165, 1.54) is 11.3 Å². The molecule has 0 atom stereocenters. The number of nitrogens with zero attached hydrogens (tertiary/aromatic N) is 5. The van der Waals surface area contributed by atoms with E-state index in [0.717, 1.165) is 21.9 Å². The Morgan fingerprint density at radius 3 is 2.81 bits per heavy atom. The van der Waals surface area contributed by atoms with Gasteiger partial charge in [0.25, 0.3) is 0 Å². The Balaban J connectivity index is 2.17. The van der Waals surface area contributed by atoms with Crippen LogP contribution in [0.15, 0.2) is 40.9 Å². The standard InChI is InChI=1S/C12H10ClN7S/c13-9-6-20-8(5-17-19-11(14)15)10(18-12(20)21-9)7-1-3-16-4-2-7/h1-6H,(H4,14,15,19)/b17-5+. The second kappa shape index (κ2) is 5.51. The van der Waals surface area contributed by atoms with Crippen LogP contribution < -0.4 is 11.5 Å². The van der Waals surface area contributed by atoms with Crippen molar-refractivity contribution in [2.24, 2.45) is 21.7 Å². The van der Waals surface area contributed by atoms with Crippen molar-refractivity contribution in [2.45, 2.75) is 0 Å². The van der Waals surface area contributed by atoms with Gasteiger partial charge in [-0.05, 0) is 12.1 Å². The molecule has 0 aliphatic carbocycles. The van der Waals surface area contributed by atoms with Gasteiger partial charge in [0, 0.05) is 24.2 Å². The Morgan fingerprint density at radius 2 is 2.10 bits per heavy atom. The highest BCUT2D eigenvalue weighted by Gasteiger charge is 2.14. The second-order valence-electron chi connectivity index (χ2n) is 4.04. The van der Waals surface area contributed by atoms with Crippen LogP contribution in [0.4, 0.5) is 0 Å². The zero-order valence-electron chi connectivity index (χ0n) is 10.6. The molecule has 0 fully saturated rings. The molecule has 106 valence electrons. The highest BCUT2D eigenvalue weighted by molar-refractivity contribution is 7.20. The average Bonchev–Trinajstić information content (AvgIpc) is 2.97. The summed E-state index contributed by atoms with van der Waals surface area (Å²) in [6.07, 6.45) is 6.72. The maximum atomic E-state index is 6.01. The lowest BCUT2D eigenvalue weighted by atomic mass is 10.1. The van der Waals surface area contributed by atoms with Gasteiger partial charge in [-0.2, -0.15) is 5.10 Å². The van der Waals surface area contributed by atoms with Crippen molar-refractivity contribution in [3.05, 3.63) is 40.8 Å². The number of nitrogens with two attached hydrogens (primary N) is 2. The first kappa shape index (κ1) is 13.5. The number of imidazole rings is 1. The average molecular weight is 320 g/mol. The van der Waals surface area contributed by atoms with E-state index >= 15 is 0 Å². The fraction of sp³-hybridized carbons (Fsp3) is 0. The number of rotatable bonds is 3. The minimum absolute atomic E-state index is 0.110. The SMILES string of the molecule is NC(N)=N/N=C/c1c(-c2ccncc2)nc2sc(Cl)cn12. The number of hydrogen-bond donors (Lipinski definition) is 2. The number of hydrogen-bond acceptors (Lipinski definition) is 5. The highest BCUT2D eigenvalue weighted by atomic mass is 35.5. The van der Waals surface area contributed by atoms with Crippen molar-refractivity contribution in [2.75, 3.05) is 0 Å². The van der Waals surface area contributed by atoms with Crippen molar-refractivity contribution in [3.63, 3.8) is 0 Å². The Bertz CT molecular complexity index is 830. The largest absolute Gasteiger partial charge is 0.369 e. The van der Waals surface area contributed by atoms with Gasteiger partial charge in [0.2, 0.25) is 5.96 Å². The third-order valence-electron chi connectivity index (χ3n) is 2.64. The molecule has 0 aromatic carbocycles. The van der Waals surface area contributed by atoms with Gasteiger partial charge in [0.05, 0.1) is 17.6 Å². The predicted octanol–water partition coefficient (Wildman–Crippen LogP) is 1.72. The first-order chi connectivity index (χ1) is 10.1. The van der Waals surface area contributed by atoms with Crippen LogP contribution >= 0.6 is 22.9 Å². The lowest BCUT2D eigenvalue weighted by Gasteiger charge is -1.98. The molecular formula is C12H10ClN7S. The molecular weight excluding hydrogens is 310 g/mol. The van der Waals surface area contributed by atoms with E-state index in [1.807, 2.05) is 16.5 Å². The summed E-state index contributed by atoms with van der Waals surface area (Å²) in [6, 6.07) is 3.73. The third-order valence-corrected chi connectivity index (χ3v) is 3.74. The van der Waals surface area contributed by atoms with Crippen molar-refractivity contribution in [1.82, 2.24) is 14.4 Å². The Hall–Kier alpha value is -2.45. The molecule has 0 aliphatic rings. The van der Waals surface area contributed by atoms with Gasteiger partial charge in [-0.3, -0.25) is 9.38 Å². The molecule has 0 amide bonds. The molecule has 0 bridgehead atoms. The molecule has 0 unspecified atom stereocenters. The molecule has 9 heteroatoms. The van der Waals surface area contributed by atoms with Crippen LogP contribution in [0.2, 0.25) is 4.34 Å². The van der Waals surface area contributed by atoms with Crippen molar-refractivity contribution < 1.29 is 0 Å². The molecule has 3 aromatic rings. The minimum Gasteiger partial charge on any atom is -0.369 e. The summed E-state index contributed by atoms with van der Waals surface area (Å²) < 4.78 is 2.48. The molecule has 3 aromatic heterocycles. The molecule has 0 saturated carbocycles. The van der Waals surface area contributed by atoms with E-state index in [1.54, 1.807) is 24.8 Å². The van der Waals surface area contributed by atoms with Gasteiger partial charge >= 0.3 is 0 Å². The topological polar surface area (TPSA) is 107 Å². The summed E-state index contributed by atoms with van der Waals surface area (Å²) in [5, 5.41) is 7.46. The molecule has 3 heterocycles. The van der Waals surface area contributed by atoms with Gasteiger partial charge < -0.3 is 11.5 Å². The normalized spacial score (nSPS) is 11.3. The maximum Gasteiger partial charge on any atom is 0.211 e. The third kappa shape index (κ3) is 2.71. The molecule has 21 heavy (non-hydrogen) atoms. The van der Waals surface area contributed by atoms with Gasteiger partial charge in [0.15, 0.2) is 4.96 Å². The molecule has 0 saturated heterocycles. The van der Waals surface area contributed by atoms with Gasteiger partial charge in [-0.25, -0.2) is 4.98 Å². The summed E-state index contributed by atoms with van der Waals surface area (Å²) in [6.45, 7) is 0.